The highest BCUT2D eigenvalue weighted by atomic mass is 32.1. The number of aromatic carboxylic acids is 1. The lowest BCUT2D eigenvalue weighted by molar-refractivity contribution is 0.0702. The summed E-state index contributed by atoms with van der Waals surface area (Å²) in [4.78, 5) is 31.8. The van der Waals surface area contributed by atoms with Crippen LogP contribution < -0.4 is 5.32 Å². The van der Waals surface area contributed by atoms with Crippen LogP contribution in [0.2, 0.25) is 0 Å². The van der Waals surface area contributed by atoms with Crippen LogP contribution in [-0.4, -0.2) is 42.5 Å². The molecule has 0 aliphatic rings. The highest BCUT2D eigenvalue weighted by Crippen LogP contribution is 2.15. The largest absolute Gasteiger partial charge is 0.477 e. The Morgan fingerprint density at radius 2 is 2.04 bits per heavy atom. The molecular weight excluding hydrogens is 316 g/mol. The molecule has 0 amide bonds. The Hall–Kier alpha value is -2.94. The van der Waals surface area contributed by atoms with Crippen LogP contribution in [0.4, 0.5) is 5.95 Å². The number of hydrogen-bond acceptors (Lipinski definition) is 8. The van der Waals surface area contributed by atoms with E-state index in [9.17, 15) is 4.79 Å². The molecule has 9 heteroatoms. The van der Waals surface area contributed by atoms with Gasteiger partial charge < -0.3 is 10.4 Å². The maximum absolute atomic E-state index is 10.8. The number of rotatable bonds is 6. The average molecular weight is 328 g/mol. The summed E-state index contributed by atoms with van der Waals surface area (Å²) in [6, 6.07) is 1.76. The van der Waals surface area contributed by atoms with E-state index >= 15 is 0 Å². The molecule has 0 aliphatic carbocycles. The summed E-state index contributed by atoms with van der Waals surface area (Å²) in [5.74, 6) is -0.482. The molecule has 0 fully saturated rings. The second-order valence-corrected chi connectivity index (χ2v) is 5.57. The molecule has 0 aliphatic heterocycles. The summed E-state index contributed by atoms with van der Waals surface area (Å²) in [6.45, 7) is 0.552. The van der Waals surface area contributed by atoms with Crippen molar-refractivity contribution >= 4 is 23.3 Å². The zero-order valence-corrected chi connectivity index (χ0v) is 12.7. The third kappa shape index (κ3) is 3.83. The van der Waals surface area contributed by atoms with Gasteiger partial charge in [0.15, 0.2) is 0 Å². The first-order valence-electron chi connectivity index (χ1n) is 6.73. The number of nitrogens with zero attached hydrogens (tertiary/aromatic N) is 5. The quantitative estimate of drug-likeness (QED) is 0.703. The zero-order valence-electron chi connectivity index (χ0n) is 11.9. The maximum atomic E-state index is 10.8. The predicted octanol–water partition coefficient (Wildman–Crippen LogP) is 1.74. The molecular formula is C14H12N6O2S. The van der Waals surface area contributed by atoms with Gasteiger partial charge in [0.2, 0.25) is 5.95 Å². The first-order valence-corrected chi connectivity index (χ1v) is 7.55. The van der Waals surface area contributed by atoms with Crippen molar-refractivity contribution in [2.24, 2.45) is 0 Å². The number of nitrogens with one attached hydrogen (secondary N) is 1. The number of aromatic nitrogens is 5. The first kappa shape index (κ1) is 15.0. The van der Waals surface area contributed by atoms with Crippen molar-refractivity contribution in [1.82, 2.24) is 24.9 Å². The third-order valence-corrected chi connectivity index (χ3v) is 3.91. The monoisotopic (exact) mass is 328 g/mol. The zero-order chi connectivity index (χ0) is 16.1. The lowest BCUT2D eigenvalue weighted by Crippen LogP contribution is -2.08. The summed E-state index contributed by atoms with van der Waals surface area (Å²) in [7, 11) is 0. The standard InChI is InChI=1S/C14H12N6O2S/c21-13(22)11-8-19-12(23-11)2-4-18-14-17-3-1-9(20-14)10-7-15-5-6-16-10/h1,3,5-8H,2,4H2,(H,21,22)(H,17,18,20). The molecule has 0 saturated heterocycles. The van der Waals surface area contributed by atoms with Crippen LogP contribution in [0.25, 0.3) is 11.4 Å². The molecule has 3 aromatic heterocycles. The van der Waals surface area contributed by atoms with Crippen LogP contribution in [0.3, 0.4) is 0 Å². The minimum absolute atomic E-state index is 0.237. The number of carbonyl (C=O) groups is 1. The molecule has 0 saturated carbocycles. The van der Waals surface area contributed by atoms with Gasteiger partial charge >= 0.3 is 5.97 Å². The van der Waals surface area contributed by atoms with E-state index in [-0.39, 0.29) is 4.88 Å². The Labute approximate surface area is 135 Å². The smallest absolute Gasteiger partial charge is 0.347 e. The van der Waals surface area contributed by atoms with Crippen LogP contribution in [0, 0.1) is 0 Å². The molecule has 8 nitrogen and oxygen atoms in total. The molecule has 0 aromatic carbocycles. The van der Waals surface area contributed by atoms with Crippen molar-refractivity contribution in [3.63, 3.8) is 0 Å². The van der Waals surface area contributed by atoms with Gasteiger partial charge in [-0.25, -0.2) is 19.7 Å². The second-order valence-electron chi connectivity index (χ2n) is 4.46. The van der Waals surface area contributed by atoms with E-state index in [1.165, 1.54) is 17.5 Å². The number of hydrogen-bond donors (Lipinski definition) is 2. The molecule has 0 bridgehead atoms. The van der Waals surface area contributed by atoms with E-state index in [1.54, 1.807) is 30.9 Å². The fraction of sp³-hybridized carbons (Fsp3) is 0.143. The van der Waals surface area contributed by atoms with Crippen LogP contribution in [0.1, 0.15) is 14.7 Å². The molecule has 0 unspecified atom stereocenters. The van der Waals surface area contributed by atoms with E-state index in [2.05, 4.69) is 30.2 Å². The predicted molar refractivity (Wildman–Crippen MR) is 84.3 cm³/mol. The third-order valence-electron chi connectivity index (χ3n) is 2.87. The van der Waals surface area contributed by atoms with Gasteiger partial charge in [-0.1, -0.05) is 0 Å². The van der Waals surface area contributed by atoms with Gasteiger partial charge in [0.25, 0.3) is 0 Å². The molecule has 2 N–H and O–H groups in total. The lowest BCUT2D eigenvalue weighted by Gasteiger charge is -2.05. The van der Waals surface area contributed by atoms with Crippen molar-refractivity contribution in [1.29, 1.82) is 0 Å². The Balaban J connectivity index is 1.61. The van der Waals surface area contributed by atoms with Crippen molar-refractivity contribution in [3.8, 4) is 11.4 Å². The van der Waals surface area contributed by atoms with E-state index < -0.39 is 5.97 Å². The molecule has 0 spiro atoms. The molecule has 3 heterocycles. The number of anilines is 1. The van der Waals surface area contributed by atoms with Gasteiger partial charge in [0, 0.05) is 31.6 Å². The van der Waals surface area contributed by atoms with Crippen molar-refractivity contribution in [3.05, 3.63) is 46.9 Å². The van der Waals surface area contributed by atoms with Crippen molar-refractivity contribution < 1.29 is 9.90 Å². The topological polar surface area (TPSA) is 114 Å². The highest BCUT2D eigenvalue weighted by molar-refractivity contribution is 7.13. The SMILES string of the molecule is O=C(O)c1cnc(CCNc2nccc(-c3cnccn3)n2)s1. The number of carboxylic acids is 1. The Morgan fingerprint density at radius 1 is 1.13 bits per heavy atom. The highest BCUT2D eigenvalue weighted by Gasteiger charge is 2.08. The first-order chi connectivity index (χ1) is 11.2. The van der Waals surface area contributed by atoms with Gasteiger partial charge in [-0.15, -0.1) is 11.3 Å². The van der Waals surface area contributed by atoms with Gasteiger partial charge in [0.05, 0.1) is 23.1 Å². The fourth-order valence-corrected chi connectivity index (χ4v) is 2.58. The Morgan fingerprint density at radius 3 is 2.78 bits per heavy atom. The van der Waals surface area contributed by atoms with Crippen molar-refractivity contribution in [2.45, 2.75) is 6.42 Å². The average Bonchev–Trinajstić information content (AvgIpc) is 3.05. The van der Waals surface area contributed by atoms with E-state index in [0.717, 1.165) is 5.01 Å². The lowest BCUT2D eigenvalue weighted by atomic mass is 10.3. The normalized spacial score (nSPS) is 10.4. The van der Waals surface area contributed by atoms with Gasteiger partial charge in [-0.2, -0.15) is 0 Å². The minimum Gasteiger partial charge on any atom is -0.477 e. The molecule has 3 aromatic rings. The molecule has 116 valence electrons. The van der Waals surface area contributed by atoms with Gasteiger partial charge in [-0.3, -0.25) is 9.97 Å². The van der Waals surface area contributed by atoms with Crippen molar-refractivity contribution in [2.75, 3.05) is 11.9 Å². The van der Waals surface area contributed by atoms with Crippen LogP contribution >= 0.6 is 11.3 Å². The van der Waals surface area contributed by atoms with Gasteiger partial charge in [0.1, 0.15) is 10.6 Å². The summed E-state index contributed by atoms with van der Waals surface area (Å²) in [6.07, 6.45) is 8.45. The molecule has 0 atom stereocenters. The summed E-state index contributed by atoms with van der Waals surface area (Å²) >= 11 is 1.17. The van der Waals surface area contributed by atoms with Gasteiger partial charge in [-0.05, 0) is 6.07 Å². The summed E-state index contributed by atoms with van der Waals surface area (Å²) in [5.41, 5.74) is 1.35. The van der Waals surface area contributed by atoms with E-state index in [1.807, 2.05) is 0 Å². The van der Waals surface area contributed by atoms with Crippen LogP contribution in [0.15, 0.2) is 37.1 Å². The van der Waals surface area contributed by atoms with E-state index in [4.69, 9.17) is 5.11 Å². The molecule has 23 heavy (non-hydrogen) atoms. The Kier molecular flexibility index (Phi) is 4.48. The maximum Gasteiger partial charge on any atom is 0.347 e. The van der Waals surface area contributed by atoms with Crippen LogP contribution in [0.5, 0.6) is 0 Å². The second kappa shape index (κ2) is 6.88. The minimum atomic E-state index is -0.957. The molecule has 0 radical (unpaired) electrons. The number of thiazole rings is 1. The van der Waals surface area contributed by atoms with Crippen LogP contribution in [-0.2, 0) is 6.42 Å². The summed E-state index contributed by atoms with van der Waals surface area (Å²) < 4.78 is 0. The molecule has 3 rings (SSSR count). The Bertz CT molecular complexity index is 808. The number of carboxylic acid groups (broad SMARTS) is 1. The van der Waals surface area contributed by atoms with E-state index in [0.29, 0.717) is 30.3 Å². The fourth-order valence-electron chi connectivity index (χ4n) is 1.82. The summed E-state index contributed by atoms with van der Waals surface area (Å²) in [5, 5.41) is 12.7.